The van der Waals surface area contributed by atoms with Gasteiger partial charge in [-0.05, 0) is 34.5 Å². The number of nitrogens with one attached hydrogen (secondary N) is 1. The molecular formula is C11H14BrNO3S. The number of carbonyl (C=O) groups is 2. The summed E-state index contributed by atoms with van der Waals surface area (Å²) in [5.74, 6) is -1.10. The lowest BCUT2D eigenvalue weighted by molar-refractivity contribution is -0.137. The summed E-state index contributed by atoms with van der Waals surface area (Å²) in [5, 5.41) is 11.5. The molecule has 0 saturated heterocycles. The van der Waals surface area contributed by atoms with Gasteiger partial charge in [0.05, 0.1) is 15.1 Å². The first-order chi connectivity index (χ1) is 8.02. The molecule has 1 atom stereocenters. The molecular weight excluding hydrogens is 306 g/mol. The summed E-state index contributed by atoms with van der Waals surface area (Å²) in [6.45, 7) is 1.96. The van der Waals surface area contributed by atoms with E-state index < -0.39 is 5.97 Å². The van der Waals surface area contributed by atoms with Gasteiger partial charge < -0.3 is 10.4 Å². The Morgan fingerprint density at radius 1 is 1.53 bits per heavy atom. The molecule has 4 nitrogen and oxygen atoms in total. The average molecular weight is 320 g/mol. The maximum absolute atomic E-state index is 11.8. The number of halogens is 1. The Bertz CT molecular complexity index is 405. The number of amides is 1. The van der Waals surface area contributed by atoms with Crippen molar-refractivity contribution in [3.63, 3.8) is 0 Å². The van der Waals surface area contributed by atoms with Gasteiger partial charge in [-0.15, -0.1) is 11.3 Å². The van der Waals surface area contributed by atoms with Gasteiger partial charge >= 0.3 is 5.97 Å². The fraction of sp³-hybridized carbons (Fsp3) is 0.455. The van der Waals surface area contributed by atoms with Gasteiger partial charge in [0, 0.05) is 6.04 Å². The Morgan fingerprint density at radius 3 is 2.71 bits per heavy atom. The van der Waals surface area contributed by atoms with E-state index >= 15 is 0 Å². The minimum absolute atomic E-state index is 0.0356. The zero-order valence-electron chi connectivity index (χ0n) is 9.40. The molecule has 1 rings (SSSR count). The predicted molar refractivity (Wildman–Crippen MR) is 70.4 cm³/mol. The minimum Gasteiger partial charge on any atom is -0.481 e. The number of hydrogen-bond donors (Lipinski definition) is 2. The van der Waals surface area contributed by atoms with Crippen LogP contribution in [0.1, 0.15) is 35.9 Å². The van der Waals surface area contributed by atoms with Gasteiger partial charge in [0.15, 0.2) is 0 Å². The van der Waals surface area contributed by atoms with Gasteiger partial charge in [-0.2, -0.15) is 0 Å². The second-order valence-corrected chi connectivity index (χ2v) is 6.12. The highest BCUT2D eigenvalue weighted by Crippen LogP contribution is 2.22. The molecule has 0 fully saturated rings. The Kier molecular flexibility index (Phi) is 5.64. The molecule has 0 aliphatic rings. The van der Waals surface area contributed by atoms with Gasteiger partial charge in [-0.25, -0.2) is 0 Å². The van der Waals surface area contributed by atoms with E-state index in [-0.39, 0.29) is 18.4 Å². The normalized spacial score (nSPS) is 12.1. The lowest BCUT2D eigenvalue weighted by Gasteiger charge is -2.15. The molecule has 0 aliphatic heterocycles. The Morgan fingerprint density at radius 2 is 2.24 bits per heavy atom. The summed E-state index contributed by atoms with van der Waals surface area (Å²) in [5.41, 5.74) is 0. The third-order valence-corrected chi connectivity index (χ3v) is 3.81. The van der Waals surface area contributed by atoms with Crippen molar-refractivity contribution >= 4 is 39.1 Å². The van der Waals surface area contributed by atoms with Crippen LogP contribution in [0, 0.1) is 0 Å². The number of thiophene rings is 1. The van der Waals surface area contributed by atoms with Crippen LogP contribution in [0.3, 0.4) is 0 Å². The van der Waals surface area contributed by atoms with E-state index in [1.807, 2.05) is 6.92 Å². The molecule has 2 N–H and O–H groups in total. The SMILES string of the molecule is CCCC(CC(=O)O)NC(=O)c1ccc(Br)s1. The molecule has 1 unspecified atom stereocenters. The van der Waals surface area contributed by atoms with Gasteiger partial charge in [-0.1, -0.05) is 13.3 Å². The van der Waals surface area contributed by atoms with E-state index in [4.69, 9.17) is 5.11 Å². The summed E-state index contributed by atoms with van der Waals surface area (Å²) in [6, 6.07) is 3.21. The molecule has 1 amide bonds. The summed E-state index contributed by atoms with van der Waals surface area (Å²) in [4.78, 5) is 23.0. The fourth-order valence-electron chi connectivity index (χ4n) is 1.48. The second kappa shape index (κ2) is 6.76. The second-order valence-electron chi connectivity index (χ2n) is 3.66. The van der Waals surface area contributed by atoms with Crippen LogP contribution < -0.4 is 5.32 Å². The number of hydrogen-bond acceptors (Lipinski definition) is 3. The Balaban J connectivity index is 2.60. The van der Waals surface area contributed by atoms with Crippen LogP contribution in [0.4, 0.5) is 0 Å². The average Bonchev–Trinajstić information content (AvgIpc) is 2.64. The van der Waals surface area contributed by atoms with Gasteiger partial charge in [0.1, 0.15) is 0 Å². The first kappa shape index (κ1) is 14.2. The molecule has 0 saturated carbocycles. The van der Waals surface area contributed by atoms with Crippen LogP contribution >= 0.6 is 27.3 Å². The van der Waals surface area contributed by atoms with E-state index in [0.717, 1.165) is 10.2 Å². The largest absolute Gasteiger partial charge is 0.481 e. The van der Waals surface area contributed by atoms with E-state index in [1.165, 1.54) is 11.3 Å². The molecule has 17 heavy (non-hydrogen) atoms. The molecule has 1 aromatic rings. The lowest BCUT2D eigenvalue weighted by Crippen LogP contribution is -2.36. The van der Waals surface area contributed by atoms with Gasteiger partial charge in [-0.3, -0.25) is 9.59 Å². The fourth-order valence-corrected chi connectivity index (χ4v) is 2.77. The van der Waals surface area contributed by atoms with Crippen LogP contribution in [0.5, 0.6) is 0 Å². The minimum atomic E-state index is -0.892. The predicted octanol–water partition coefficient (Wildman–Crippen LogP) is 2.88. The number of aliphatic carboxylic acids is 1. The summed E-state index contributed by atoms with van der Waals surface area (Å²) < 4.78 is 0.882. The van der Waals surface area contributed by atoms with Crippen LogP contribution in [0.2, 0.25) is 0 Å². The number of carboxylic acid groups (broad SMARTS) is 1. The van der Waals surface area contributed by atoms with Crippen molar-refractivity contribution in [2.75, 3.05) is 0 Å². The summed E-state index contributed by atoms with van der Waals surface area (Å²) in [6.07, 6.45) is 1.48. The summed E-state index contributed by atoms with van der Waals surface area (Å²) in [7, 11) is 0. The van der Waals surface area contributed by atoms with E-state index in [0.29, 0.717) is 11.3 Å². The lowest BCUT2D eigenvalue weighted by atomic mass is 10.1. The molecule has 0 spiro atoms. The van der Waals surface area contributed by atoms with Gasteiger partial charge in [0.25, 0.3) is 5.91 Å². The Hall–Kier alpha value is -0.880. The quantitative estimate of drug-likeness (QED) is 0.847. The highest BCUT2D eigenvalue weighted by molar-refractivity contribution is 9.11. The van der Waals surface area contributed by atoms with Crippen molar-refractivity contribution in [3.8, 4) is 0 Å². The van der Waals surface area contributed by atoms with Crippen molar-refractivity contribution in [1.29, 1.82) is 0 Å². The highest BCUT2D eigenvalue weighted by Gasteiger charge is 2.17. The standard InChI is InChI=1S/C11H14BrNO3S/c1-2-3-7(6-10(14)15)13-11(16)8-4-5-9(12)17-8/h4-5,7H,2-3,6H2,1H3,(H,13,16)(H,14,15). The number of rotatable bonds is 6. The third-order valence-electron chi connectivity index (χ3n) is 2.19. The monoisotopic (exact) mass is 319 g/mol. The first-order valence-electron chi connectivity index (χ1n) is 5.31. The van der Waals surface area contributed by atoms with E-state index in [2.05, 4.69) is 21.2 Å². The van der Waals surface area contributed by atoms with E-state index in [9.17, 15) is 9.59 Å². The van der Waals surface area contributed by atoms with Gasteiger partial charge in [0.2, 0.25) is 0 Å². The molecule has 0 bridgehead atoms. The first-order valence-corrected chi connectivity index (χ1v) is 6.92. The number of carbonyl (C=O) groups excluding carboxylic acids is 1. The van der Waals surface area contributed by atoms with Crippen molar-refractivity contribution in [2.45, 2.75) is 32.2 Å². The topological polar surface area (TPSA) is 66.4 Å². The molecule has 0 aromatic carbocycles. The van der Waals surface area contributed by atoms with Crippen molar-refractivity contribution < 1.29 is 14.7 Å². The van der Waals surface area contributed by atoms with Crippen molar-refractivity contribution in [3.05, 3.63) is 20.8 Å². The smallest absolute Gasteiger partial charge is 0.305 e. The summed E-state index contributed by atoms with van der Waals surface area (Å²) >= 11 is 4.61. The van der Waals surface area contributed by atoms with Crippen molar-refractivity contribution in [1.82, 2.24) is 5.32 Å². The van der Waals surface area contributed by atoms with E-state index in [1.54, 1.807) is 12.1 Å². The molecule has 1 aromatic heterocycles. The third kappa shape index (κ3) is 4.87. The van der Waals surface area contributed by atoms with Crippen LogP contribution in [-0.4, -0.2) is 23.0 Å². The molecule has 94 valence electrons. The zero-order chi connectivity index (χ0) is 12.8. The highest BCUT2D eigenvalue weighted by atomic mass is 79.9. The van der Waals surface area contributed by atoms with Crippen LogP contribution in [0.25, 0.3) is 0 Å². The molecule has 1 heterocycles. The van der Waals surface area contributed by atoms with Crippen molar-refractivity contribution in [2.24, 2.45) is 0 Å². The molecule has 6 heteroatoms. The zero-order valence-corrected chi connectivity index (χ0v) is 11.8. The number of carboxylic acids is 1. The molecule has 0 aliphatic carbocycles. The maximum Gasteiger partial charge on any atom is 0.305 e. The Labute approximate surface area is 112 Å². The molecule has 0 radical (unpaired) electrons. The van der Waals surface area contributed by atoms with Crippen LogP contribution in [-0.2, 0) is 4.79 Å². The maximum atomic E-state index is 11.8. The van der Waals surface area contributed by atoms with Crippen LogP contribution in [0.15, 0.2) is 15.9 Å².